The Bertz CT molecular complexity index is 287. The lowest BCUT2D eigenvalue weighted by Gasteiger charge is -2.05. The van der Waals surface area contributed by atoms with Gasteiger partial charge in [-0.05, 0) is 13.3 Å². The van der Waals surface area contributed by atoms with Crippen molar-refractivity contribution in [2.45, 2.75) is 71.6 Å². The summed E-state index contributed by atoms with van der Waals surface area (Å²) in [6, 6.07) is 0. The van der Waals surface area contributed by atoms with Crippen LogP contribution in [-0.4, -0.2) is 11.9 Å². The molecule has 0 aromatic carbocycles. The molecule has 110 valence electrons. The summed E-state index contributed by atoms with van der Waals surface area (Å²) in [5.41, 5.74) is 2.39. The molecule has 4 nitrogen and oxygen atoms in total. The fourth-order valence-corrected chi connectivity index (χ4v) is 1.64. The molecule has 0 aromatic rings. The van der Waals surface area contributed by atoms with Crippen LogP contribution in [0, 0.1) is 0 Å². The normalized spacial score (nSPS) is 10.0. The summed E-state index contributed by atoms with van der Waals surface area (Å²) in [4.78, 5) is 27.0. The third-order valence-electron chi connectivity index (χ3n) is 2.88. The Kier molecular flexibility index (Phi) is 10.9. The summed E-state index contributed by atoms with van der Waals surface area (Å²) < 4.78 is 0. The maximum absolute atomic E-state index is 11.3. The Balaban J connectivity index is 3.34. The first-order valence-corrected chi connectivity index (χ1v) is 7.23. The highest BCUT2D eigenvalue weighted by Crippen LogP contribution is 2.09. The SMILES string of the molecule is C=C(C)C(=O)NOC(=O)CCCCCCCCCC. The monoisotopic (exact) mass is 269 g/mol. The van der Waals surface area contributed by atoms with Crippen LogP contribution in [0.3, 0.4) is 0 Å². The van der Waals surface area contributed by atoms with E-state index in [1.54, 1.807) is 6.92 Å². The van der Waals surface area contributed by atoms with Crippen molar-refractivity contribution in [1.29, 1.82) is 0 Å². The summed E-state index contributed by atoms with van der Waals surface area (Å²) >= 11 is 0. The molecule has 0 radical (unpaired) electrons. The van der Waals surface area contributed by atoms with E-state index in [2.05, 4.69) is 23.8 Å². The van der Waals surface area contributed by atoms with Crippen LogP contribution in [0.5, 0.6) is 0 Å². The molecule has 1 amide bonds. The number of hydrogen-bond acceptors (Lipinski definition) is 3. The van der Waals surface area contributed by atoms with E-state index >= 15 is 0 Å². The molecule has 0 rings (SSSR count). The van der Waals surface area contributed by atoms with E-state index in [1.165, 1.54) is 32.1 Å². The molecular weight excluding hydrogens is 242 g/mol. The van der Waals surface area contributed by atoms with Crippen molar-refractivity contribution >= 4 is 11.9 Å². The summed E-state index contributed by atoms with van der Waals surface area (Å²) in [7, 11) is 0. The van der Waals surface area contributed by atoms with Crippen LogP contribution in [0.2, 0.25) is 0 Å². The minimum atomic E-state index is -0.454. The zero-order chi connectivity index (χ0) is 14.5. The van der Waals surface area contributed by atoms with Crippen LogP contribution in [0.4, 0.5) is 0 Å². The fourth-order valence-electron chi connectivity index (χ4n) is 1.64. The van der Waals surface area contributed by atoms with Gasteiger partial charge in [-0.3, -0.25) is 4.79 Å². The van der Waals surface area contributed by atoms with Crippen LogP contribution < -0.4 is 5.48 Å². The first-order chi connectivity index (χ1) is 9.07. The molecule has 4 heteroatoms. The predicted octanol–water partition coefficient (Wildman–Crippen LogP) is 3.67. The lowest BCUT2D eigenvalue weighted by atomic mass is 10.1. The van der Waals surface area contributed by atoms with Crippen LogP contribution in [0.1, 0.15) is 71.6 Å². The van der Waals surface area contributed by atoms with Gasteiger partial charge in [0.05, 0.1) is 0 Å². The molecule has 0 spiro atoms. The van der Waals surface area contributed by atoms with E-state index in [0.717, 1.165) is 19.3 Å². The summed E-state index contributed by atoms with van der Waals surface area (Å²) in [5.74, 6) is -0.843. The molecular formula is C15H27NO3. The molecule has 0 saturated carbocycles. The van der Waals surface area contributed by atoms with Crippen LogP contribution >= 0.6 is 0 Å². The highest BCUT2D eigenvalue weighted by molar-refractivity contribution is 5.92. The summed E-state index contributed by atoms with van der Waals surface area (Å²) in [6.07, 6.45) is 9.78. The third kappa shape index (κ3) is 11.5. The van der Waals surface area contributed by atoms with Crippen LogP contribution in [0.25, 0.3) is 0 Å². The molecule has 0 bridgehead atoms. The van der Waals surface area contributed by atoms with E-state index in [1.807, 2.05) is 0 Å². The number of hydroxylamine groups is 1. The Hall–Kier alpha value is -1.32. The number of unbranched alkanes of at least 4 members (excludes halogenated alkanes) is 7. The molecule has 0 heterocycles. The zero-order valence-electron chi connectivity index (χ0n) is 12.3. The van der Waals surface area contributed by atoms with Crippen molar-refractivity contribution in [2.75, 3.05) is 0 Å². The first kappa shape index (κ1) is 17.7. The van der Waals surface area contributed by atoms with E-state index in [4.69, 9.17) is 0 Å². The average molecular weight is 269 g/mol. The maximum atomic E-state index is 11.3. The van der Waals surface area contributed by atoms with E-state index in [-0.39, 0.29) is 5.97 Å². The molecule has 0 unspecified atom stereocenters. The Labute approximate surface area is 116 Å². The van der Waals surface area contributed by atoms with Gasteiger partial charge in [-0.15, -0.1) is 0 Å². The van der Waals surface area contributed by atoms with Gasteiger partial charge in [0.15, 0.2) is 0 Å². The molecule has 0 aromatic heterocycles. The van der Waals surface area contributed by atoms with Crippen molar-refractivity contribution in [3.8, 4) is 0 Å². The summed E-state index contributed by atoms with van der Waals surface area (Å²) in [6.45, 7) is 7.21. The third-order valence-corrected chi connectivity index (χ3v) is 2.88. The zero-order valence-corrected chi connectivity index (χ0v) is 12.3. The number of nitrogens with one attached hydrogen (secondary N) is 1. The van der Waals surface area contributed by atoms with Crippen molar-refractivity contribution in [2.24, 2.45) is 0 Å². The first-order valence-electron chi connectivity index (χ1n) is 7.23. The van der Waals surface area contributed by atoms with Gasteiger partial charge in [-0.25, -0.2) is 4.79 Å². The number of hydrogen-bond donors (Lipinski definition) is 1. The van der Waals surface area contributed by atoms with Crippen LogP contribution in [0.15, 0.2) is 12.2 Å². The molecule has 0 aliphatic heterocycles. The van der Waals surface area contributed by atoms with Gasteiger partial charge in [-0.2, -0.15) is 5.48 Å². The molecule has 1 N–H and O–H groups in total. The molecule has 0 fully saturated rings. The van der Waals surface area contributed by atoms with E-state index in [0.29, 0.717) is 12.0 Å². The van der Waals surface area contributed by atoms with Crippen LogP contribution in [-0.2, 0) is 14.4 Å². The van der Waals surface area contributed by atoms with Crippen molar-refractivity contribution in [1.82, 2.24) is 5.48 Å². The van der Waals surface area contributed by atoms with Gasteiger partial charge in [0.1, 0.15) is 0 Å². The molecule has 0 aliphatic carbocycles. The van der Waals surface area contributed by atoms with Crippen molar-refractivity contribution in [3.63, 3.8) is 0 Å². The van der Waals surface area contributed by atoms with Crippen molar-refractivity contribution < 1.29 is 14.4 Å². The Morgan fingerprint density at radius 1 is 1.00 bits per heavy atom. The minimum Gasteiger partial charge on any atom is -0.341 e. The molecule has 0 aliphatic rings. The highest BCUT2D eigenvalue weighted by atomic mass is 16.7. The number of carbonyl (C=O) groups is 2. The largest absolute Gasteiger partial charge is 0.341 e. The van der Waals surface area contributed by atoms with Gasteiger partial charge in [0.25, 0.3) is 5.91 Å². The van der Waals surface area contributed by atoms with Crippen molar-refractivity contribution in [3.05, 3.63) is 12.2 Å². The second kappa shape index (κ2) is 11.8. The maximum Gasteiger partial charge on any atom is 0.332 e. The average Bonchev–Trinajstić information content (AvgIpc) is 2.38. The Morgan fingerprint density at radius 2 is 1.53 bits per heavy atom. The highest BCUT2D eigenvalue weighted by Gasteiger charge is 2.06. The lowest BCUT2D eigenvalue weighted by Crippen LogP contribution is -2.27. The molecule has 0 saturated heterocycles. The number of rotatable bonds is 10. The topological polar surface area (TPSA) is 55.4 Å². The van der Waals surface area contributed by atoms with Gasteiger partial charge in [0.2, 0.25) is 0 Å². The smallest absolute Gasteiger partial charge is 0.332 e. The van der Waals surface area contributed by atoms with Gasteiger partial charge in [0, 0.05) is 12.0 Å². The number of carbonyl (C=O) groups excluding carboxylic acids is 2. The second-order valence-corrected chi connectivity index (χ2v) is 4.91. The number of amides is 1. The minimum absolute atomic E-state index is 0.319. The molecule has 19 heavy (non-hydrogen) atoms. The quantitative estimate of drug-likeness (QED) is 0.374. The van der Waals surface area contributed by atoms with Gasteiger partial charge >= 0.3 is 5.97 Å². The fraction of sp³-hybridized carbons (Fsp3) is 0.733. The second-order valence-electron chi connectivity index (χ2n) is 4.91. The van der Waals surface area contributed by atoms with E-state index in [9.17, 15) is 9.59 Å². The lowest BCUT2D eigenvalue weighted by molar-refractivity contribution is -0.157. The van der Waals surface area contributed by atoms with Gasteiger partial charge in [-0.1, -0.05) is 58.4 Å². The Morgan fingerprint density at radius 3 is 2.05 bits per heavy atom. The predicted molar refractivity (Wildman–Crippen MR) is 76.3 cm³/mol. The summed E-state index contributed by atoms with van der Waals surface area (Å²) in [5, 5.41) is 0. The standard InChI is InChI=1S/C15H27NO3/c1-4-5-6-7-8-9-10-11-12-14(17)19-16-15(18)13(2)3/h2,4-12H2,1,3H3,(H,16,18). The van der Waals surface area contributed by atoms with E-state index < -0.39 is 5.91 Å². The molecule has 0 atom stereocenters. The van der Waals surface area contributed by atoms with Gasteiger partial charge < -0.3 is 4.84 Å².